The minimum atomic E-state index is 0. The van der Waals surface area contributed by atoms with E-state index < -0.39 is 0 Å². The van der Waals surface area contributed by atoms with Crippen molar-refractivity contribution in [3.63, 3.8) is 0 Å². The van der Waals surface area contributed by atoms with Crippen molar-refractivity contribution in [1.82, 2.24) is 25.4 Å². The summed E-state index contributed by atoms with van der Waals surface area (Å²) in [5.74, 6) is 1.65. The van der Waals surface area contributed by atoms with Crippen LogP contribution < -0.4 is 10.6 Å². The molecule has 2 N–H and O–H groups in total. The van der Waals surface area contributed by atoms with Gasteiger partial charge in [-0.25, -0.2) is 4.98 Å². The van der Waals surface area contributed by atoms with Gasteiger partial charge in [-0.15, -0.1) is 24.0 Å². The van der Waals surface area contributed by atoms with E-state index in [1.165, 1.54) is 0 Å². The van der Waals surface area contributed by atoms with Crippen LogP contribution in [0.25, 0.3) is 0 Å². The second kappa shape index (κ2) is 8.62. The first-order valence-electron chi connectivity index (χ1n) is 5.81. The van der Waals surface area contributed by atoms with E-state index >= 15 is 0 Å². The molecule has 0 aliphatic rings. The van der Waals surface area contributed by atoms with Crippen molar-refractivity contribution < 1.29 is 0 Å². The molecule has 0 amide bonds. The maximum absolute atomic E-state index is 4.18. The lowest BCUT2D eigenvalue weighted by Gasteiger charge is -2.23. The first kappa shape index (κ1) is 18.5. The number of nitrogens with one attached hydrogen (secondary N) is 2. The highest BCUT2D eigenvalue weighted by Crippen LogP contribution is 2.19. The summed E-state index contributed by atoms with van der Waals surface area (Å²) >= 11 is 1.83. The fourth-order valence-electron chi connectivity index (χ4n) is 1.23. The SMILES string of the molecule is CN=C(NCc1ncnn1C)NCC(C)(C)SC.I. The lowest BCUT2D eigenvalue weighted by atomic mass is 10.2. The van der Waals surface area contributed by atoms with E-state index in [2.05, 4.69) is 45.8 Å². The van der Waals surface area contributed by atoms with E-state index in [1.807, 2.05) is 18.8 Å². The smallest absolute Gasteiger partial charge is 0.191 e. The molecule has 8 heteroatoms. The molecule has 0 unspecified atom stereocenters. The molecule has 1 heterocycles. The number of aryl methyl sites for hydroxylation is 1. The lowest BCUT2D eigenvalue weighted by molar-refractivity contribution is 0.646. The molecule has 0 saturated carbocycles. The Morgan fingerprint density at radius 2 is 2.16 bits per heavy atom. The van der Waals surface area contributed by atoms with Crippen LogP contribution in [-0.4, -0.2) is 45.3 Å². The fourth-order valence-corrected chi connectivity index (χ4v) is 1.45. The van der Waals surface area contributed by atoms with Crippen molar-refractivity contribution in [3.8, 4) is 0 Å². The molecule has 1 rings (SSSR count). The largest absolute Gasteiger partial charge is 0.355 e. The molecule has 19 heavy (non-hydrogen) atoms. The van der Waals surface area contributed by atoms with E-state index in [0.717, 1.165) is 18.3 Å². The molecule has 0 aromatic carbocycles. The van der Waals surface area contributed by atoms with Gasteiger partial charge in [0.15, 0.2) is 5.96 Å². The highest BCUT2D eigenvalue weighted by molar-refractivity contribution is 14.0. The molecular weight excluding hydrogens is 375 g/mol. The lowest BCUT2D eigenvalue weighted by Crippen LogP contribution is -2.43. The zero-order chi connectivity index (χ0) is 13.6. The summed E-state index contributed by atoms with van der Waals surface area (Å²) in [4.78, 5) is 8.33. The van der Waals surface area contributed by atoms with E-state index in [4.69, 9.17) is 0 Å². The molecule has 0 bridgehead atoms. The molecule has 0 radical (unpaired) electrons. The first-order chi connectivity index (χ1) is 8.48. The van der Waals surface area contributed by atoms with Gasteiger partial charge in [0.2, 0.25) is 0 Å². The average Bonchev–Trinajstić information content (AvgIpc) is 2.75. The van der Waals surface area contributed by atoms with Gasteiger partial charge in [-0.1, -0.05) is 0 Å². The molecule has 0 aliphatic carbocycles. The van der Waals surface area contributed by atoms with E-state index in [9.17, 15) is 0 Å². The van der Waals surface area contributed by atoms with Crippen molar-refractivity contribution in [3.05, 3.63) is 12.2 Å². The van der Waals surface area contributed by atoms with Crippen LogP contribution in [0.15, 0.2) is 11.3 Å². The average molecular weight is 398 g/mol. The highest BCUT2D eigenvalue weighted by Gasteiger charge is 2.16. The Hall–Kier alpha value is -0.510. The van der Waals surface area contributed by atoms with Gasteiger partial charge >= 0.3 is 0 Å². The fraction of sp³-hybridized carbons (Fsp3) is 0.727. The number of aliphatic imine (C=N–C) groups is 1. The number of rotatable bonds is 5. The molecule has 0 atom stereocenters. The van der Waals surface area contributed by atoms with Gasteiger partial charge in [-0.05, 0) is 20.1 Å². The molecular formula is C11H23IN6S. The Kier molecular flexibility index (Phi) is 8.39. The van der Waals surface area contributed by atoms with Gasteiger partial charge in [0.25, 0.3) is 0 Å². The van der Waals surface area contributed by atoms with Crippen molar-refractivity contribution in [2.75, 3.05) is 19.8 Å². The minimum absolute atomic E-state index is 0. The zero-order valence-electron chi connectivity index (χ0n) is 12.1. The Bertz CT molecular complexity index is 404. The van der Waals surface area contributed by atoms with Crippen molar-refractivity contribution in [2.45, 2.75) is 25.1 Å². The second-order valence-corrected chi connectivity index (χ2v) is 6.06. The van der Waals surface area contributed by atoms with Crippen LogP contribution in [0, 0.1) is 0 Å². The van der Waals surface area contributed by atoms with Gasteiger partial charge < -0.3 is 10.6 Å². The van der Waals surface area contributed by atoms with Crippen LogP contribution in [0.3, 0.4) is 0 Å². The molecule has 1 aromatic rings. The van der Waals surface area contributed by atoms with E-state index in [-0.39, 0.29) is 28.7 Å². The Balaban J connectivity index is 0.00000324. The number of hydrogen-bond donors (Lipinski definition) is 2. The van der Waals surface area contributed by atoms with Gasteiger partial charge in [0.1, 0.15) is 12.2 Å². The van der Waals surface area contributed by atoms with Crippen molar-refractivity contribution in [1.29, 1.82) is 0 Å². The topological polar surface area (TPSA) is 67.1 Å². The van der Waals surface area contributed by atoms with E-state index in [1.54, 1.807) is 18.1 Å². The summed E-state index contributed by atoms with van der Waals surface area (Å²) in [5.41, 5.74) is 0. The number of aromatic nitrogens is 3. The Morgan fingerprint density at radius 1 is 1.47 bits per heavy atom. The Morgan fingerprint density at radius 3 is 2.63 bits per heavy atom. The standard InChI is InChI=1S/C11H22N6S.HI/c1-11(2,18-5)7-14-10(12-3)13-6-9-15-8-16-17(9)4;/h8H,6-7H2,1-5H3,(H2,12,13,14);1H. The minimum Gasteiger partial charge on any atom is -0.355 e. The van der Waals surface area contributed by atoms with Crippen molar-refractivity contribution in [2.24, 2.45) is 12.0 Å². The van der Waals surface area contributed by atoms with Crippen LogP contribution in [0.5, 0.6) is 0 Å². The summed E-state index contributed by atoms with van der Waals surface area (Å²) in [7, 11) is 3.63. The predicted octanol–water partition coefficient (Wildman–Crippen LogP) is 1.24. The highest BCUT2D eigenvalue weighted by atomic mass is 127. The maximum Gasteiger partial charge on any atom is 0.191 e. The number of thioether (sulfide) groups is 1. The third-order valence-electron chi connectivity index (χ3n) is 2.68. The van der Waals surface area contributed by atoms with E-state index in [0.29, 0.717) is 6.54 Å². The third-order valence-corrected chi connectivity index (χ3v) is 3.93. The zero-order valence-corrected chi connectivity index (χ0v) is 15.2. The van der Waals surface area contributed by atoms with Gasteiger partial charge in [-0.3, -0.25) is 9.67 Å². The van der Waals surface area contributed by atoms with Crippen LogP contribution in [0.2, 0.25) is 0 Å². The van der Waals surface area contributed by atoms with Crippen LogP contribution in [0.4, 0.5) is 0 Å². The molecule has 0 fully saturated rings. The molecule has 0 spiro atoms. The first-order valence-corrected chi connectivity index (χ1v) is 7.03. The molecule has 0 saturated heterocycles. The second-order valence-electron chi connectivity index (χ2n) is 4.54. The number of hydrogen-bond acceptors (Lipinski definition) is 4. The number of guanidine groups is 1. The van der Waals surface area contributed by atoms with Crippen LogP contribution in [0.1, 0.15) is 19.7 Å². The summed E-state index contributed by atoms with van der Waals surface area (Å²) in [6.45, 7) is 5.85. The normalized spacial score (nSPS) is 11.9. The summed E-state index contributed by atoms with van der Waals surface area (Å²) in [6, 6.07) is 0. The van der Waals surface area contributed by atoms with Gasteiger partial charge in [-0.2, -0.15) is 16.9 Å². The Labute approximate surface area is 136 Å². The summed E-state index contributed by atoms with van der Waals surface area (Å²) < 4.78 is 1.93. The van der Waals surface area contributed by atoms with Crippen LogP contribution >= 0.6 is 35.7 Å². The quantitative estimate of drug-likeness (QED) is 0.444. The monoisotopic (exact) mass is 398 g/mol. The number of nitrogens with zero attached hydrogens (tertiary/aromatic N) is 4. The molecule has 0 aliphatic heterocycles. The molecule has 6 nitrogen and oxygen atoms in total. The predicted molar refractivity (Wildman–Crippen MR) is 92.2 cm³/mol. The maximum atomic E-state index is 4.18. The van der Waals surface area contributed by atoms with Gasteiger partial charge in [0.05, 0.1) is 6.54 Å². The summed E-state index contributed by atoms with van der Waals surface area (Å²) in [6.07, 6.45) is 3.65. The third kappa shape index (κ3) is 6.46. The van der Waals surface area contributed by atoms with Gasteiger partial charge in [0, 0.05) is 25.4 Å². The number of halogens is 1. The molecule has 110 valence electrons. The molecule has 1 aromatic heterocycles. The summed E-state index contributed by atoms with van der Waals surface area (Å²) in [5, 5.41) is 10.5. The van der Waals surface area contributed by atoms with Crippen LogP contribution in [-0.2, 0) is 13.6 Å². The van der Waals surface area contributed by atoms with Crippen molar-refractivity contribution >= 4 is 41.7 Å².